The number of hydrogen-bond acceptors (Lipinski definition) is 4. The predicted molar refractivity (Wildman–Crippen MR) is 94.3 cm³/mol. The number of fused-ring (bicyclic) bond motifs is 2. The van der Waals surface area contributed by atoms with E-state index in [4.69, 9.17) is 0 Å². The summed E-state index contributed by atoms with van der Waals surface area (Å²) in [5.41, 5.74) is 0.753. The number of aliphatic hydroxyl groups excluding tert-OH is 1. The Hall–Kier alpha value is -1.66. The molecule has 2 aliphatic carbocycles. The number of nitrogens with one attached hydrogen (secondary N) is 2. The molecule has 2 bridgehead atoms. The fourth-order valence-electron chi connectivity index (χ4n) is 4.71. The van der Waals surface area contributed by atoms with Crippen LogP contribution in [0, 0.1) is 5.92 Å². The Labute approximate surface area is 147 Å². The van der Waals surface area contributed by atoms with Crippen LogP contribution in [0.5, 0.6) is 0 Å². The normalized spacial score (nSPS) is 32.0. The highest BCUT2D eigenvalue weighted by atomic mass is 16.3. The molecule has 6 nitrogen and oxygen atoms in total. The van der Waals surface area contributed by atoms with Crippen molar-refractivity contribution in [2.45, 2.75) is 69.7 Å². The first kappa shape index (κ1) is 16.8. The number of aromatic nitrogens is 1. The molecular weight excluding hydrogens is 318 g/mol. The third-order valence-corrected chi connectivity index (χ3v) is 6.14. The van der Waals surface area contributed by atoms with Gasteiger partial charge in [0, 0.05) is 30.9 Å². The number of amides is 1. The van der Waals surface area contributed by atoms with E-state index in [1.54, 1.807) is 6.07 Å². The minimum atomic E-state index is -0.311. The Morgan fingerprint density at radius 2 is 2.00 bits per heavy atom. The van der Waals surface area contributed by atoms with E-state index in [1.807, 2.05) is 6.07 Å². The zero-order valence-electron chi connectivity index (χ0n) is 14.5. The third kappa shape index (κ3) is 3.65. The summed E-state index contributed by atoms with van der Waals surface area (Å²) in [6.45, 7) is 1.89. The molecule has 25 heavy (non-hydrogen) atoms. The second-order valence-electron chi connectivity index (χ2n) is 7.97. The van der Waals surface area contributed by atoms with Crippen LogP contribution in [0.2, 0.25) is 0 Å². The van der Waals surface area contributed by atoms with E-state index in [0.29, 0.717) is 18.9 Å². The second kappa shape index (κ2) is 6.92. The van der Waals surface area contributed by atoms with Crippen molar-refractivity contribution in [1.29, 1.82) is 0 Å². The van der Waals surface area contributed by atoms with Gasteiger partial charge in [0.05, 0.1) is 6.10 Å². The van der Waals surface area contributed by atoms with Crippen LogP contribution < -0.4 is 10.9 Å². The lowest BCUT2D eigenvalue weighted by atomic mass is 9.93. The van der Waals surface area contributed by atoms with Gasteiger partial charge in [-0.05, 0) is 63.0 Å². The second-order valence-corrected chi connectivity index (χ2v) is 7.97. The van der Waals surface area contributed by atoms with Crippen LogP contribution in [0.15, 0.2) is 16.9 Å². The molecular formula is C19H27N3O3. The summed E-state index contributed by atoms with van der Waals surface area (Å²) in [6.07, 6.45) is 6.59. The first-order valence-electron chi connectivity index (χ1n) is 9.53. The number of rotatable bonds is 4. The van der Waals surface area contributed by atoms with Crippen molar-refractivity contribution < 1.29 is 9.90 Å². The summed E-state index contributed by atoms with van der Waals surface area (Å²) >= 11 is 0. The van der Waals surface area contributed by atoms with Crippen LogP contribution in [0.1, 0.15) is 61.0 Å². The molecule has 3 aliphatic rings. The van der Waals surface area contributed by atoms with E-state index in [9.17, 15) is 14.7 Å². The number of piperidine rings is 1. The summed E-state index contributed by atoms with van der Waals surface area (Å²) in [5, 5.41) is 12.5. The largest absolute Gasteiger partial charge is 0.393 e. The molecule has 2 unspecified atom stereocenters. The number of nitrogens with zero attached hydrogens (tertiary/aromatic N) is 1. The molecule has 136 valence electrons. The van der Waals surface area contributed by atoms with Crippen molar-refractivity contribution >= 4 is 5.91 Å². The maximum atomic E-state index is 12.4. The summed E-state index contributed by atoms with van der Waals surface area (Å²) in [6, 6.07) is 4.23. The fourth-order valence-corrected chi connectivity index (χ4v) is 4.71. The van der Waals surface area contributed by atoms with Gasteiger partial charge >= 0.3 is 0 Å². The van der Waals surface area contributed by atoms with Gasteiger partial charge in [-0.3, -0.25) is 14.5 Å². The molecule has 1 aliphatic heterocycles. The highest BCUT2D eigenvalue weighted by Crippen LogP contribution is 2.37. The molecule has 1 aromatic rings. The standard InChI is InChI=1S/C19H27N3O3/c23-16-6-2-13(3-7-16)20-18(24)17-8-4-14(21-19(17)25)11-22-10-12-1-5-15(22)9-12/h4,8,12-13,15-16,23H,1-3,5-7,9-11H2,(H,20,24)(H,21,25). The number of hydrogen-bond donors (Lipinski definition) is 3. The van der Waals surface area contributed by atoms with Gasteiger partial charge in [-0.25, -0.2) is 0 Å². The molecule has 1 amide bonds. The predicted octanol–water partition coefficient (Wildman–Crippen LogP) is 1.39. The smallest absolute Gasteiger partial charge is 0.261 e. The van der Waals surface area contributed by atoms with Gasteiger partial charge in [0.15, 0.2) is 0 Å². The van der Waals surface area contributed by atoms with Crippen LogP contribution in [-0.4, -0.2) is 45.6 Å². The first-order valence-corrected chi connectivity index (χ1v) is 9.53. The van der Waals surface area contributed by atoms with Crippen LogP contribution in [-0.2, 0) is 6.54 Å². The Morgan fingerprint density at radius 3 is 2.64 bits per heavy atom. The fraction of sp³-hybridized carbons (Fsp3) is 0.684. The van der Waals surface area contributed by atoms with Crippen molar-refractivity contribution in [2.75, 3.05) is 6.54 Å². The molecule has 2 atom stereocenters. The number of pyridine rings is 1. The minimum absolute atomic E-state index is 0.0510. The molecule has 0 aromatic carbocycles. The van der Waals surface area contributed by atoms with E-state index in [1.165, 1.54) is 19.3 Å². The quantitative estimate of drug-likeness (QED) is 0.770. The van der Waals surface area contributed by atoms with Crippen LogP contribution in [0.3, 0.4) is 0 Å². The van der Waals surface area contributed by atoms with Gasteiger partial charge < -0.3 is 15.4 Å². The average molecular weight is 345 g/mol. The van der Waals surface area contributed by atoms with Gasteiger partial charge in [-0.1, -0.05) is 0 Å². The van der Waals surface area contributed by atoms with Crippen molar-refractivity contribution in [3.63, 3.8) is 0 Å². The highest BCUT2D eigenvalue weighted by molar-refractivity contribution is 5.94. The third-order valence-electron chi connectivity index (χ3n) is 6.14. The van der Waals surface area contributed by atoms with Gasteiger partial charge in [0.2, 0.25) is 0 Å². The Balaban J connectivity index is 1.38. The van der Waals surface area contributed by atoms with E-state index in [-0.39, 0.29) is 29.2 Å². The summed E-state index contributed by atoms with van der Waals surface area (Å²) in [5.74, 6) is 0.519. The summed E-state index contributed by atoms with van der Waals surface area (Å²) < 4.78 is 0. The van der Waals surface area contributed by atoms with Crippen molar-refractivity contribution in [3.8, 4) is 0 Å². The van der Waals surface area contributed by atoms with E-state index < -0.39 is 0 Å². The van der Waals surface area contributed by atoms with Gasteiger partial charge in [0.1, 0.15) is 5.56 Å². The van der Waals surface area contributed by atoms with Crippen LogP contribution in [0.25, 0.3) is 0 Å². The lowest BCUT2D eigenvalue weighted by Gasteiger charge is -2.27. The van der Waals surface area contributed by atoms with Crippen molar-refractivity contribution in [2.24, 2.45) is 5.92 Å². The summed E-state index contributed by atoms with van der Waals surface area (Å²) in [7, 11) is 0. The molecule has 2 heterocycles. The number of aliphatic hydroxyl groups is 1. The van der Waals surface area contributed by atoms with Crippen LogP contribution in [0.4, 0.5) is 0 Å². The van der Waals surface area contributed by atoms with E-state index in [0.717, 1.165) is 37.5 Å². The molecule has 6 heteroatoms. The maximum absolute atomic E-state index is 12.4. The first-order chi connectivity index (χ1) is 12.1. The number of aromatic amines is 1. The molecule has 3 N–H and O–H groups in total. The van der Waals surface area contributed by atoms with E-state index in [2.05, 4.69) is 15.2 Å². The van der Waals surface area contributed by atoms with Crippen molar-refractivity contribution in [3.05, 3.63) is 33.7 Å². The summed E-state index contributed by atoms with van der Waals surface area (Å²) in [4.78, 5) is 30.0. The topological polar surface area (TPSA) is 85.4 Å². The lowest BCUT2D eigenvalue weighted by molar-refractivity contribution is 0.0866. The molecule has 1 aromatic heterocycles. The highest BCUT2D eigenvalue weighted by Gasteiger charge is 2.37. The van der Waals surface area contributed by atoms with Gasteiger partial charge in [-0.2, -0.15) is 0 Å². The molecule has 1 saturated heterocycles. The zero-order valence-corrected chi connectivity index (χ0v) is 14.5. The van der Waals surface area contributed by atoms with Crippen LogP contribution >= 0.6 is 0 Å². The average Bonchev–Trinajstić information content (AvgIpc) is 3.20. The number of H-pyrrole nitrogens is 1. The monoisotopic (exact) mass is 345 g/mol. The van der Waals surface area contributed by atoms with E-state index >= 15 is 0 Å². The van der Waals surface area contributed by atoms with Gasteiger partial charge in [-0.15, -0.1) is 0 Å². The van der Waals surface area contributed by atoms with Crippen molar-refractivity contribution in [1.82, 2.24) is 15.2 Å². The SMILES string of the molecule is O=C(NC1CCC(O)CC1)c1ccc(CN2CC3CCC2C3)[nH]c1=O. The zero-order chi connectivity index (χ0) is 17.4. The number of likely N-dealkylation sites (tertiary alicyclic amines) is 1. The van der Waals surface area contributed by atoms with Gasteiger partial charge in [0.25, 0.3) is 11.5 Å². The molecule has 0 spiro atoms. The Kier molecular flexibility index (Phi) is 4.65. The lowest BCUT2D eigenvalue weighted by Crippen LogP contribution is -2.40. The molecule has 2 saturated carbocycles. The number of carbonyl (C=O) groups excluding carboxylic acids is 1. The molecule has 0 radical (unpaired) electrons. The Morgan fingerprint density at radius 1 is 1.20 bits per heavy atom. The minimum Gasteiger partial charge on any atom is -0.393 e. The molecule has 4 rings (SSSR count). The molecule has 3 fully saturated rings. The maximum Gasteiger partial charge on any atom is 0.261 e. The number of carbonyl (C=O) groups is 1. The Bertz CT molecular complexity index is 693.